The summed E-state index contributed by atoms with van der Waals surface area (Å²) in [5.74, 6) is -0.0969. The first-order valence-electron chi connectivity index (χ1n) is 7.46. The number of aryl methyl sites for hydroxylation is 1. The standard InChI is InChI=1S/C15H20N4O2/c1-18-14-12(8-5-9-16-14)19(15(18)21)10-13(20)17-11-6-3-2-4-7-11/h5,8-9,11H,2-4,6-7,10H2,1H3,(H,17,20). The summed E-state index contributed by atoms with van der Waals surface area (Å²) in [5.41, 5.74) is 1.10. The monoisotopic (exact) mass is 288 g/mol. The molecule has 1 aliphatic carbocycles. The van der Waals surface area contributed by atoms with Crippen LogP contribution in [0.4, 0.5) is 0 Å². The van der Waals surface area contributed by atoms with Crippen molar-refractivity contribution in [3.8, 4) is 0 Å². The lowest BCUT2D eigenvalue weighted by Crippen LogP contribution is -2.39. The molecule has 0 saturated heterocycles. The summed E-state index contributed by atoms with van der Waals surface area (Å²) in [7, 11) is 1.67. The molecule has 0 atom stereocenters. The highest BCUT2D eigenvalue weighted by Gasteiger charge is 2.18. The van der Waals surface area contributed by atoms with Crippen molar-refractivity contribution in [3.05, 3.63) is 28.8 Å². The van der Waals surface area contributed by atoms with Gasteiger partial charge in [0.2, 0.25) is 5.91 Å². The lowest BCUT2D eigenvalue weighted by Gasteiger charge is -2.22. The number of imidazole rings is 1. The number of hydrogen-bond donors (Lipinski definition) is 1. The number of hydrogen-bond acceptors (Lipinski definition) is 3. The second-order valence-electron chi connectivity index (χ2n) is 5.68. The number of pyridine rings is 1. The number of aromatic nitrogens is 3. The van der Waals surface area contributed by atoms with Crippen LogP contribution in [0.25, 0.3) is 11.2 Å². The molecule has 2 aromatic heterocycles. The molecule has 3 rings (SSSR count). The number of fused-ring (bicyclic) bond motifs is 1. The molecule has 6 nitrogen and oxygen atoms in total. The van der Waals surface area contributed by atoms with E-state index in [0.29, 0.717) is 11.2 Å². The third-order valence-electron chi connectivity index (χ3n) is 4.16. The first kappa shape index (κ1) is 13.9. The smallest absolute Gasteiger partial charge is 0.330 e. The van der Waals surface area contributed by atoms with Gasteiger partial charge in [-0.3, -0.25) is 13.9 Å². The lowest BCUT2D eigenvalue weighted by molar-refractivity contribution is -0.122. The Kier molecular flexibility index (Phi) is 3.77. The van der Waals surface area contributed by atoms with Crippen LogP contribution >= 0.6 is 0 Å². The molecule has 0 radical (unpaired) electrons. The van der Waals surface area contributed by atoms with Gasteiger partial charge < -0.3 is 5.32 Å². The van der Waals surface area contributed by atoms with Crippen LogP contribution in [0.5, 0.6) is 0 Å². The largest absolute Gasteiger partial charge is 0.352 e. The van der Waals surface area contributed by atoms with Crippen LogP contribution in [0.3, 0.4) is 0 Å². The molecule has 1 N–H and O–H groups in total. The molecule has 1 saturated carbocycles. The van der Waals surface area contributed by atoms with Crippen LogP contribution in [0.15, 0.2) is 23.1 Å². The summed E-state index contributed by atoms with van der Waals surface area (Å²) >= 11 is 0. The van der Waals surface area contributed by atoms with Crippen LogP contribution in [-0.2, 0) is 18.4 Å². The maximum Gasteiger partial charge on any atom is 0.330 e. The Morgan fingerprint density at radius 3 is 2.90 bits per heavy atom. The van der Waals surface area contributed by atoms with Gasteiger partial charge in [0.25, 0.3) is 0 Å². The molecule has 1 fully saturated rings. The van der Waals surface area contributed by atoms with Crippen LogP contribution < -0.4 is 11.0 Å². The number of rotatable bonds is 3. The Bertz CT molecular complexity index is 710. The summed E-state index contributed by atoms with van der Waals surface area (Å²) in [4.78, 5) is 28.6. The molecule has 0 aliphatic heterocycles. The quantitative estimate of drug-likeness (QED) is 0.922. The van der Waals surface area contributed by atoms with Gasteiger partial charge in [0.1, 0.15) is 6.54 Å². The minimum Gasteiger partial charge on any atom is -0.352 e. The minimum atomic E-state index is -0.206. The molecule has 112 valence electrons. The average molecular weight is 288 g/mol. The lowest BCUT2D eigenvalue weighted by atomic mass is 9.95. The topological polar surface area (TPSA) is 68.9 Å². The first-order valence-corrected chi connectivity index (χ1v) is 7.46. The Hall–Kier alpha value is -2.11. The van der Waals surface area contributed by atoms with Gasteiger partial charge in [-0.25, -0.2) is 9.78 Å². The zero-order valence-electron chi connectivity index (χ0n) is 12.2. The number of carbonyl (C=O) groups is 1. The maximum absolute atomic E-state index is 12.2. The maximum atomic E-state index is 12.2. The van der Waals surface area contributed by atoms with Gasteiger partial charge in [0.05, 0.1) is 5.52 Å². The van der Waals surface area contributed by atoms with Crippen molar-refractivity contribution in [2.45, 2.75) is 44.7 Å². The zero-order valence-corrected chi connectivity index (χ0v) is 12.2. The molecule has 0 aromatic carbocycles. The molecule has 1 amide bonds. The Morgan fingerprint density at radius 1 is 1.38 bits per heavy atom. The van der Waals surface area contributed by atoms with E-state index in [-0.39, 0.29) is 24.2 Å². The van der Waals surface area contributed by atoms with Crippen molar-refractivity contribution in [1.29, 1.82) is 0 Å². The fourth-order valence-electron chi connectivity index (χ4n) is 3.05. The summed E-state index contributed by atoms with van der Waals surface area (Å²) in [6, 6.07) is 3.85. The minimum absolute atomic E-state index is 0.0539. The summed E-state index contributed by atoms with van der Waals surface area (Å²) < 4.78 is 2.96. The van der Waals surface area contributed by atoms with Crippen molar-refractivity contribution in [3.63, 3.8) is 0 Å². The van der Waals surface area contributed by atoms with Crippen molar-refractivity contribution < 1.29 is 4.79 Å². The van der Waals surface area contributed by atoms with Gasteiger partial charge in [0, 0.05) is 19.3 Å². The average Bonchev–Trinajstić information content (AvgIpc) is 2.74. The van der Waals surface area contributed by atoms with Gasteiger partial charge >= 0.3 is 5.69 Å². The number of nitrogens with one attached hydrogen (secondary N) is 1. The SMILES string of the molecule is Cn1c(=O)n(CC(=O)NC2CCCCC2)c2cccnc21. The highest BCUT2D eigenvalue weighted by Crippen LogP contribution is 2.17. The highest BCUT2D eigenvalue weighted by atomic mass is 16.2. The van der Waals surface area contributed by atoms with E-state index in [1.165, 1.54) is 28.4 Å². The van der Waals surface area contributed by atoms with Gasteiger partial charge in [-0.1, -0.05) is 19.3 Å². The molecule has 6 heteroatoms. The Morgan fingerprint density at radius 2 is 2.14 bits per heavy atom. The van der Waals surface area contributed by atoms with E-state index in [1.807, 2.05) is 6.07 Å². The Balaban J connectivity index is 1.80. The van der Waals surface area contributed by atoms with E-state index in [2.05, 4.69) is 10.3 Å². The fourth-order valence-corrected chi connectivity index (χ4v) is 3.05. The molecule has 0 unspecified atom stereocenters. The predicted molar refractivity (Wildman–Crippen MR) is 80.0 cm³/mol. The molecule has 0 spiro atoms. The van der Waals surface area contributed by atoms with Crippen molar-refractivity contribution >= 4 is 17.1 Å². The highest BCUT2D eigenvalue weighted by molar-refractivity contribution is 5.79. The third-order valence-corrected chi connectivity index (χ3v) is 4.16. The van der Waals surface area contributed by atoms with Gasteiger partial charge in [-0.05, 0) is 25.0 Å². The van der Waals surface area contributed by atoms with E-state index in [1.54, 1.807) is 19.3 Å². The zero-order chi connectivity index (χ0) is 14.8. The van der Waals surface area contributed by atoms with Crippen molar-refractivity contribution in [1.82, 2.24) is 19.4 Å². The molecular weight excluding hydrogens is 268 g/mol. The Labute approximate surface area is 122 Å². The second kappa shape index (κ2) is 5.71. The van der Waals surface area contributed by atoms with E-state index in [4.69, 9.17) is 0 Å². The van der Waals surface area contributed by atoms with Gasteiger partial charge in [0.15, 0.2) is 5.65 Å². The number of nitrogens with zero attached hydrogens (tertiary/aromatic N) is 3. The molecule has 2 heterocycles. The summed E-state index contributed by atoms with van der Waals surface area (Å²) in [6.45, 7) is 0.0539. The predicted octanol–water partition coefficient (Wildman–Crippen LogP) is 1.18. The number of carbonyl (C=O) groups excluding carboxylic acids is 1. The first-order chi connectivity index (χ1) is 10.2. The molecular formula is C15H20N4O2. The summed E-state index contributed by atoms with van der Waals surface area (Å²) in [5, 5.41) is 3.04. The van der Waals surface area contributed by atoms with Crippen molar-refractivity contribution in [2.24, 2.45) is 7.05 Å². The fraction of sp³-hybridized carbons (Fsp3) is 0.533. The van der Waals surface area contributed by atoms with Crippen LogP contribution in [0.2, 0.25) is 0 Å². The summed E-state index contributed by atoms with van der Waals surface area (Å²) in [6.07, 6.45) is 7.32. The van der Waals surface area contributed by atoms with E-state index >= 15 is 0 Å². The second-order valence-corrected chi connectivity index (χ2v) is 5.68. The van der Waals surface area contributed by atoms with E-state index < -0.39 is 0 Å². The molecule has 0 bridgehead atoms. The van der Waals surface area contributed by atoms with E-state index in [0.717, 1.165) is 12.8 Å². The van der Waals surface area contributed by atoms with Crippen LogP contribution in [0, 0.1) is 0 Å². The van der Waals surface area contributed by atoms with E-state index in [9.17, 15) is 9.59 Å². The van der Waals surface area contributed by atoms with Crippen LogP contribution in [0.1, 0.15) is 32.1 Å². The van der Waals surface area contributed by atoms with Crippen molar-refractivity contribution in [2.75, 3.05) is 0 Å². The molecule has 21 heavy (non-hydrogen) atoms. The molecule has 1 aliphatic rings. The number of amides is 1. The van der Waals surface area contributed by atoms with Gasteiger partial charge in [-0.2, -0.15) is 0 Å². The third kappa shape index (κ3) is 2.70. The van der Waals surface area contributed by atoms with Gasteiger partial charge in [-0.15, -0.1) is 0 Å². The van der Waals surface area contributed by atoms with Crippen LogP contribution in [-0.4, -0.2) is 26.1 Å². The normalized spacial score (nSPS) is 16.2. The molecule has 2 aromatic rings.